The fraction of sp³-hybridized carbons (Fsp3) is 1.00. The van der Waals surface area contributed by atoms with Gasteiger partial charge >= 0.3 is 0 Å². The second-order valence-electron chi connectivity index (χ2n) is 5.84. The molecule has 2 heteroatoms. The summed E-state index contributed by atoms with van der Waals surface area (Å²) in [5, 5.41) is 0.948. The van der Waals surface area contributed by atoms with Gasteiger partial charge in [-0.25, -0.2) is 0 Å². The summed E-state index contributed by atoms with van der Waals surface area (Å²) >= 11 is 6.70. The van der Waals surface area contributed by atoms with Crippen LogP contribution in [0.4, 0.5) is 0 Å². The zero-order valence-electron chi connectivity index (χ0n) is 10.5. The molecule has 0 spiro atoms. The predicted molar refractivity (Wildman–Crippen MR) is 76.1 cm³/mol. The average molecular weight is 246 g/mol. The first-order chi connectivity index (χ1) is 7.04. The Morgan fingerprint density at radius 3 is 2.27 bits per heavy atom. The Morgan fingerprint density at radius 1 is 1.20 bits per heavy atom. The lowest BCUT2D eigenvalue weighted by molar-refractivity contribution is 0.294. The molecule has 0 aromatic heterocycles. The van der Waals surface area contributed by atoms with Crippen LogP contribution >= 0.6 is 24.4 Å². The van der Waals surface area contributed by atoms with Crippen molar-refractivity contribution in [3.63, 3.8) is 0 Å². The molecule has 0 saturated heterocycles. The highest BCUT2D eigenvalue weighted by Crippen LogP contribution is 2.34. The summed E-state index contributed by atoms with van der Waals surface area (Å²) in [6, 6.07) is 0. The van der Waals surface area contributed by atoms with Gasteiger partial charge < -0.3 is 0 Å². The van der Waals surface area contributed by atoms with E-state index in [1.165, 1.54) is 37.9 Å². The van der Waals surface area contributed by atoms with Gasteiger partial charge in [0.25, 0.3) is 0 Å². The number of thiol groups is 1. The lowest BCUT2D eigenvalue weighted by Crippen LogP contribution is -2.25. The highest BCUT2D eigenvalue weighted by Gasteiger charge is 2.24. The van der Waals surface area contributed by atoms with Gasteiger partial charge in [0, 0.05) is 5.25 Å². The molecule has 1 aliphatic carbocycles. The molecule has 90 valence electrons. The first-order valence-corrected chi connectivity index (χ1v) is 7.94. The molecular formula is C13H26S2. The van der Waals surface area contributed by atoms with Crippen LogP contribution in [0.3, 0.4) is 0 Å². The number of thioether (sulfide) groups is 1. The van der Waals surface area contributed by atoms with Gasteiger partial charge in [-0.15, -0.1) is 0 Å². The van der Waals surface area contributed by atoms with E-state index in [1.807, 2.05) is 0 Å². The number of rotatable bonds is 4. The summed E-state index contributed by atoms with van der Waals surface area (Å²) in [5.41, 5.74) is 0.420. The minimum absolute atomic E-state index is 0.420. The van der Waals surface area contributed by atoms with Gasteiger partial charge in [0.05, 0.1) is 0 Å². The van der Waals surface area contributed by atoms with Gasteiger partial charge in [0.15, 0.2) is 0 Å². The van der Waals surface area contributed by atoms with Crippen LogP contribution in [0.15, 0.2) is 0 Å². The van der Waals surface area contributed by atoms with Gasteiger partial charge in [-0.3, -0.25) is 0 Å². The predicted octanol–water partition coefficient (Wildman–Crippen LogP) is 4.64. The summed E-state index contributed by atoms with van der Waals surface area (Å²) in [6.07, 6.45) is 7.28. The topological polar surface area (TPSA) is 0 Å². The second-order valence-corrected chi connectivity index (χ2v) is 7.54. The molecule has 1 unspecified atom stereocenters. The second kappa shape index (κ2) is 6.44. The molecule has 0 aliphatic heterocycles. The van der Waals surface area contributed by atoms with E-state index in [4.69, 9.17) is 0 Å². The van der Waals surface area contributed by atoms with E-state index in [9.17, 15) is 0 Å². The Hall–Kier alpha value is 0.700. The van der Waals surface area contributed by atoms with Crippen molar-refractivity contribution in [2.24, 2.45) is 11.3 Å². The van der Waals surface area contributed by atoms with Gasteiger partial charge in [-0.1, -0.05) is 40.0 Å². The Balaban J connectivity index is 2.27. The third-order valence-electron chi connectivity index (χ3n) is 3.53. The first kappa shape index (κ1) is 13.8. The van der Waals surface area contributed by atoms with Crippen LogP contribution in [0.1, 0.15) is 52.9 Å². The standard InChI is InChI=1S/C13H26S2/c1-13(2,3)11(9-14)10-15-12-7-5-4-6-8-12/h11-12,14H,4-10H2,1-3H3. The molecule has 0 radical (unpaired) electrons. The molecule has 0 N–H and O–H groups in total. The minimum atomic E-state index is 0.420. The van der Waals surface area contributed by atoms with Crippen molar-refractivity contribution < 1.29 is 0 Å². The summed E-state index contributed by atoms with van der Waals surface area (Å²) < 4.78 is 0. The van der Waals surface area contributed by atoms with Crippen LogP contribution in [0.5, 0.6) is 0 Å². The maximum Gasteiger partial charge on any atom is 0.00471 e. The van der Waals surface area contributed by atoms with Crippen LogP contribution in [0.25, 0.3) is 0 Å². The minimum Gasteiger partial charge on any atom is -0.179 e. The number of hydrogen-bond donors (Lipinski definition) is 1. The largest absolute Gasteiger partial charge is 0.179 e. The number of hydrogen-bond acceptors (Lipinski definition) is 2. The molecule has 1 rings (SSSR count). The van der Waals surface area contributed by atoms with E-state index in [0.717, 1.165) is 16.9 Å². The zero-order chi connectivity index (χ0) is 11.3. The maximum atomic E-state index is 4.49. The Labute approximate surface area is 105 Å². The lowest BCUT2D eigenvalue weighted by Gasteiger charge is -2.31. The first-order valence-electron chi connectivity index (χ1n) is 6.26. The van der Waals surface area contributed by atoms with Crippen molar-refractivity contribution in [2.75, 3.05) is 11.5 Å². The van der Waals surface area contributed by atoms with Gasteiger partial charge in [-0.05, 0) is 35.7 Å². The highest BCUT2D eigenvalue weighted by atomic mass is 32.2. The third-order valence-corrected chi connectivity index (χ3v) is 5.51. The molecule has 1 atom stereocenters. The van der Waals surface area contributed by atoms with Crippen LogP contribution in [0.2, 0.25) is 0 Å². The summed E-state index contributed by atoms with van der Waals surface area (Å²) in [4.78, 5) is 0. The molecule has 0 amide bonds. The molecule has 0 heterocycles. The quantitative estimate of drug-likeness (QED) is 0.705. The van der Waals surface area contributed by atoms with Crippen molar-refractivity contribution in [3.05, 3.63) is 0 Å². The van der Waals surface area contributed by atoms with E-state index >= 15 is 0 Å². The van der Waals surface area contributed by atoms with Crippen molar-refractivity contribution in [1.82, 2.24) is 0 Å². The fourth-order valence-electron chi connectivity index (χ4n) is 2.06. The van der Waals surface area contributed by atoms with E-state index < -0.39 is 0 Å². The van der Waals surface area contributed by atoms with E-state index in [1.54, 1.807) is 0 Å². The maximum absolute atomic E-state index is 4.49. The van der Waals surface area contributed by atoms with E-state index in [2.05, 4.69) is 45.2 Å². The van der Waals surface area contributed by atoms with E-state index in [-0.39, 0.29) is 0 Å². The summed E-state index contributed by atoms with van der Waals surface area (Å²) in [6.45, 7) is 7.03. The van der Waals surface area contributed by atoms with Crippen LogP contribution in [-0.4, -0.2) is 16.8 Å². The van der Waals surface area contributed by atoms with Crippen molar-refractivity contribution in [1.29, 1.82) is 0 Å². The third kappa shape index (κ3) is 5.04. The van der Waals surface area contributed by atoms with Crippen molar-refractivity contribution >= 4 is 24.4 Å². The van der Waals surface area contributed by atoms with Gasteiger partial charge in [0.2, 0.25) is 0 Å². The molecule has 0 aromatic rings. The molecule has 1 aliphatic rings. The molecule has 0 bridgehead atoms. The van der Waals surface area contributed by atoms with Crippen LogP contribution < -0.4 is 0 Å². The Bertz CT molecular complexity index is 166. The summed E-state index contributed by atoms with van der Waals surface area (Å²) in [7, 11) is 0. The normalized spacial score (nSPS) is 21.6. The van der Waals surface area contributed by atoms with Crippen molar-refractivity contribution in [3.8, 4) is 0 Å². The SMILES string of the molecule is CC(C)(C)C(CS)CSC1CCCCC1. The fourth-order valence-corrected chi connectivity index (χ4v) is 4.70. The highest BCUT2D eigenvalue weighted by molar-refractivity contribution is 7.99. The molecule has 0 nitrogen and oxygen atoms in total. The molecule has 15 heavy (non-hydrogen) atoms. The molecule has 1 saturated carbocycles. The Morgan fingerprint density at radius 2 is 1.80 bits per heavy atom. The smallest absolute Gasteiger partial charge is 0.00471 e. The van der Waals surface area contributed by atoms with E-state index in [0.29, 0.717) is 5.41 Å². The zero-order valence-corrected chi connectivity index (χ0v) is 12.2. The van der Waals surface area contributed by atoms with Crippen LogP contribution in [-0.2, 0) is 0 Å². The molecule has 0 aromatic carbocycles. The average Bonchev–Trinajstić information content (AvgIpc) is 2.18. The summed E-state index contributed by atoms with van der Waals surface area (Å²) in [5.74, 6) is 3.09. The van der Waals surface area contributed by atoms with Crippen LogP contribution in [0, 0.1) is 11.3 Å². The molecule has 1 fully saturated rings. The monoisotopic (exact) mass is 246 g/mol. The Kier molecular flexibility index (Phi) is 5.91. The molecular weight excluding hydrogens is 220 g/mol. The van der Waals surface area contributed by atoms with Crippen molar-refractivity contribution in [2.45, 2.75) is 58.1 Å². The lowest BCUT2D eigenvalue weighted by atomic mass is 9.83. The van der Waals surface area contributed by atoms with Gasteiger partial charge in [-0.2, -0.15) is 24.4 Å². The van der Waals surface area contributed by atoms with Gasteiger partial charge in [0.1, 0.15) is 0 Å².